The van der Waals surface area contributed by atoms with Crippen LogP contribution in [0.4, 0.5) is 18.9 Å². The second-order valence-corrected chi connectivity index (χ2v) is 5.03. The van der Waals surface area contributed by atoms with Gasteiger partial charge in [0.2, 0.25) is 0 Å². The molecule has 0 atom stereocenters. The van der Waals surface area contributed by atoms with Gasteiger partial charge in [0.15, 0.2) is 0 Å². The van der Waals surface area contributed by atoms with Crippen molar-refractivity contribution in [2.45, 2.75) is 19.7 Å². The highest BCUT2D eigenvalue weighted by atomic mass is 19.4. The van der Waals surface area contributed by atoms with Crippen LogP contribution in [0.15, 0.2) is 30.5 Å². The van der Waals surface area contributed by atoms with Crippen LogP contribution in [0.1, 0.15) is 21.6 Å². The van der Waals surface area contributed by atoms with Gasteiger partial charge in [-0.05, 0) is 24.6 Å². The first-order chi connectivity index (χ1) is 10.8. The molecule has 5 nitrogen and oxygen atoms in total. The van der Waals surface area contributed by atoms with Crippen molar-refractivity contribution in [3.05, 3.63) is 47.3 Å². The summed E-state index contributed by atoms with van der Waals surface area (Å²) in [4.78, 5) is 12.2. The molecule has 0 fully saturated rings. The van der Waals surface area contributed by atoms with E-state index in [1.54, 1.807) is 29.9 Å². The minimum atomic E-state index is -4.37. The van der Waals surface area contributed by atoms with Gasteiger partial charge in [-0.2, -0.15) is 18.3 Å². The lowest BCUT2D eigenvalue weighted by atomic mass is 10.1. The minimum Gasteiger partial charge on any atom is -0.367 e. The fraction of sp³-hybridized carbons (Fsp3) is 0.333. The molecule has 124 valence electrons. The smallest absolute Gasteiger partial charge is 0.367 e. The Balaban J connectivity index is 2.01. The summed E-state index contributed by atoms with van der Waals surface area (Å²) in [6, 6.07) is 6.27. The number of nitrogens with one attached hydrogen (secondary N) is 1. The Morgan fingerprint density at radius 3 is 2.74 bits per heavy atom. The van der Waals surface area contributed by atoms with Crippen LogP contribution in [-0.4, -0.2) is 28.5 Å². The van der Waals surface area contributed by atoms with Gasteiger partial charge in [-0.25, -0.2) is 0 Å². The summed E-state index contributed by atoms with van der Waals surface area (Å²) in [7, 11) is 1.75. The van der Waals surface area contributed by atoms with Crippen LogP contribution in [0.3, 0.4) is 0 Å². The summed E-state index contributed by atoms with van der Waals surface area (Å²) >= 11 is 0. The number of ether oxygens (including phenoxy) is 1. The number of alkyl halides is 3. The molecule has 0 bridgehead atoms. The molecule has 0 aliphatic rings. The first-order valence-electron chi connectivity index (χ1n) is 6.79. The molecule has 1 amide bonds. The maximum atomic E-state index is 12.2. The molecule has 8 heteroatoms. The zero-order valence-corrected chi connectivity index (χ0v) is 12.6. The Kier molecular flexibility index (Phi) is 5.05. The maximum Gasteiger partial charge on any atom is 0.411 e. The predicted molar refractivity (Wildman–Crippen MR) is 78.1 cm³/mol. The summed E-state index contributed by atoms with van der Waals surface area (Å²) < 4.78 is 42.4. The number of carbonyl (C=O) groups excluding carboxylic acids is 1. The molecule has 1 heterocycles. The van der Waals surface area contributed by atoms with E-state index in [2.05, 4.69) is 15.2 Å². The Morgan fingerprint density at radius 1 is 1.39 bits per heavy atom. The van der Waals surface area contributed by atoms with Crippen LogP contribution in [-0.2, 0) is 18.4 Å². The van der Waals surface area contributed by atoms with Crippen molar-refractivity contribution in [3.8, 4) is 0 Å². The number of hydrogen-bond acceptors (Lipinski definition) is 3. The molecule has 0 saturated carbocycles. The predicted octanol–water partition coefficient (Wildman–Crippen LogP) is 3.06. The van der Waals surface area contributed by atoms with Crippen molar-refractivity contribution in [2.75, 3.05) is 11.9 Å². The number of aromatic nitrogens is 2. The summed E-state index contributed by atoms with van der Waals surface area (Å²) in [5.74, 6) is -0.362. The monoisotopic (exact) mass is 327 g/mol. The molecule has 2 rings (SSSR count). The average Bonchev–Trinajstić information content (AvgIpc) is 2.78. The molecule has 0 saturated heterocycles. The lowest BCUT2D eigenvalue weighted by molar-refractivity contribution is -0.176. The molecule has 1 N–H and O–H groups in total. The van der Waals surface area contributed by atoms with Crippen LogP contribution in [0, 0.1) is 6.92 Å². The summed E-state index contributed by atoms with van der Waals surface area (Å²) in [5, 5.41) is 6.73. The zero-order valence-electron chi connectivity index (χ0n) is 12.6. The average molecular weight is 327 g/mol. The Morgan fingerprint density at radius 2 is 2.13 bits per heavy atom. The van der Waals surface area contributed by atoms with Crippen LogP contribution in [0.5, 0.6) is 0 Å². The molecule has 0 aliphatic carbocycles. The van der Waals surface area contributed by atoms with Gasteiger partial charge in [-0.1, -0.05) is 12.1 Å². The third kappa shape index (κ3) is 4.82. The van der Waals surface area contributed by atoms with E-state index in [1.165, 1.54) is 12.3 Å². The molecular formula is C15H16F3N3O2. The topological polar surface area (TPSA) is 56.1 Å². The second kappa shape index (κ2) is 6.82. The third-order valence-corrected chi connectivity index (χ3v) is 3.21. The molecule has 1 aromatic heterocycles. The molecule has 0 radical (unpaired) electrons. The fourth-order valence-corrected chi connectivity index (χ4v) is 1.90. The first-order valence-corrected chi connectivity index (χ1v) is 6.79. The van der Waals surface area contributed by atoms with Gasteiger partial charge in [-0.3, -0.25) is 9.48 Å². The number of aryl methyl sites for hydroxylation is 1. The van der Waals surface area contributed by atoms with Crippen molar-refractivity contribution in [2.24, 2.45) is 7.05 Å². The van der Waals surface area contributed by atoms with E-state index < -0.39 is 12.8 Å². The second-order valence-electron chi connectivity index (χ2n) is 5.03. The zero-order chi connectivity index (χ0) is 17.0. The van der Waals surface area contributed by atoms with E-state index in [4.69, 9.17) is 0 Å². The molecule has 0 unspecified atom stereocenters. The van der Waals surface area contributed by atoms with Crippen molar-refractivity contribution in [1.82, 2.24) is 9.78 Å². The van der Waals surface area contributed by atoms with Gasteiger partial charge in [0.1, 0.15) is 6.61 Å². The molecule has 2 aromatic rings. The van der Waals surface area contributed by atoms with Gasteiger partial charge in [0.25, 0.3) is 5.91 Å². The maximum absolute atomic E-state index is 12.2. The van der Waals surface area contributed by atoms with Crippen LogP contribution in [0.25, 0.3) is 0 Å². The number of amides is 1. The van der Waals surface area contributed by atoms with E-state index in [0.717, 1.165) is 5.69 Å². The highest BCUT2D eigenvalue weighted by molar-refractivity contribution is 6.04. The molecule has 0 aliphatic heterocycles. The largest absolute Gasteiger partial charge is 0.411 e. The highest BCUT2D eigenvalue weighted by Gasteiger charge is 2.27. The Labute approximate surface area is 131 Å². The minimum absolute atomic E-state index is 0.216. The number of rotatable bonds is 5. The lowest BCUT2D eigenvalue weighted by Crippen LogP contribution is -2.17. The SMILES string of the molecule is Cc1c(NC(=O)c2cccc(COCC(F)(F)F)c2)cnn1C. The van der Waals surface area contributed by atoms with Crippen molar-refractivity contribution >= 4 is 11.6 Å². The summed E-state index contributed by atoms with van der Waals surface area (Å²) in [5.41, 5.74) is 2.20. The van der Waals surface area contributed by atoms with E-state index in [-0.39, 0.29) is 12.5 Å². The van der Waals surface area contributed by atoms with Gasteiger partial charge in [0, 0.05) is 12.6 Å². The van der Waals surface area contributed by atoms with E-state index in [0.29, 0.717) is 16.8 Å². The molecular weight excluding hydrogens is 311 g/mol. The number of benzene rings is 1. The normalized spacial score (nSPS) is 11.5. The summed E-state index contributed by atoms with van der Waals surface area (Å²) in [6.07, 6.45) is -2.84. The highest BCUT2D eigenvalue weighted by Crippen LogP contribution is 2.17. The standard InChI is InChI=1S/C15H16F3N3O2/c1-10-13(7-19-21(10)2)20-14(22)12-5-3-4-11(6-12)8-23-9-15(16,17)18/h3-7H,8-9H2,1-2H3,(H,20,22). The summed E-state index contributed by atoms with van der Waals surface area (Å²) in [6.45, 7) is 0.273. The number of carbonyl (C=O) groups is 1. The van der Waals surface area contributed by atoms with Crippen molar-refractivity contribution in [1.29, 1.82) is 0 Å². The lowest BCUT2D eigenvalue weighted by Gasteiger charge is -2.09. The van der Waals surface area contributed by atoms with Gasteiger partial charge in [-0.15, -0.1) is 0 Å². The fourth-order valence-electron chi connectivity index (χ4n) is 1.90. The van der Waals surface area contributed by atoms with Crippen molar-refractivity contribution < 1.29 is 22.7 Å². The van der Waals surface area contributed by atoms with E-state index in [9.17, 15) is 18.0 Å². The van der Waals surface area contributed by atoms with Gasteiger partial charge in [0.05, 0.1) is 24.2 Å². The van der Waals surface area contributed by atoms with E-state index in [1.807, 2.05) is 6.92 Å². The quantitative estimate of drug-likeness (QED) is 0.918. The van der Waals surface area contributed by atoms with Crippen LogP contribution < -0.4 is 5.32 Å². The molecule has 0 spiro atoms. The number of halogens is 3. The Bertz CT molecular complexity index is 696. The van der Waals surface area contributed by atoms with Crippen LogP contribution >= 0.6 is 0 Å². The number of nitrogens with zero attached hydrogens (tertiary/aromatic N) is 2. The first kappa shape index (κ1) is 17.0. The molecule has 23 heavy (non-hydrogen) atoms. The van der Waals surface area contributed by atoms with Crippen molar-refractivity contribution in [3.63, 3.8) is 0 Å². The van der Waals surface area contributed by atoms with Crippen LogP contribution in [0.2, 0.25) is 0 Å². The number of anilines is 1. The third-order valence-electron chi connectivity index (χ3n) is 3.21. The van der Waals surface area contributed by atoms with Gasteiger partial charge >= 0.3 is 6.18 Å². The number of hydrogen-bond donors (Lipinski definition) is 1. The van der Waals surface area contributed by atoms with E-state index >= 15 is 0 Å². The van der Waals surface area contributed by atoms with Gasteiger partial charge < -0.3 is 10.1 Å². The molecule has 1 aromatic carbocycles. The Hall–Kier alpha value is -2.35.